The maximum atomic E-state index is 9.60. The van der Waals surface area contributed by atoms with Gasteiger partial charge in [0.15, 0.2) is 0 Å². The summed E-state index contributed by atoms with van der Waals surface area (Å²) in [4.78, 5) is 4.40. The van der Waals surface area contributed by atoms with Gasteiger partial charge in [0.05, 0.1) is 18.9 Å². The van der Waals surface area contributed by atoms with Crippen LogP contribution in [0.1, 0.15) is 39.0 Å². The van der Waals surface area contributed by atoms with Crippen molar-refractivity contribution in [1.29, 1.82) is 0 Å². The van der Waals surface area contributed by atoms with E-state index < -0.39 is 0 Å². The molecule has 4 N–H and O–H groups in total. The highest BCUT2D eigenvalue weighted by Gasteiger charge is 2.32. The van der Waals surface area contributed by atoms with Crippen molar-refractivity contribution in [3.05, 3.63) is 12.1 Å². The SMILES string of the molecule is CCCOc1nc(NCC2(CO)CCCC2)ccc1N. The molecule has 5 nitrogen and oxygen atoms in total. The molecular weight excluding hydrogens is 254 g/mol. The topological polar surface area (TPSA) is 80.4 Å². The number of nitrogen functional groups attached to an aromatic ring is 1. The molecule has 2 rings (SSSR count). The van der Waals surface area contributed by atoms with Gasteiger partial charge in [-0.2, -0.15) is 4.98 Å². The average molecular weight is 279 g/mol. The second-order valence-corrected chi connectivity index (χ2v) is 5.66. The molecule has 0 saturated heterocycles. The van der Waals surface area contributed by atoms with Gasteiger partial charge in [0.25, 0.3) is 0 Å². The zero-order valence-corrected chi connectivity index (χ0v) is 12.2. The summed E-state index contributed by atoms with van der Waals surface area (Å²) in [5, 5.41) is 12.9. The Morgan fingerprint density at radius 3 is 2.80 bits per heavy atom. The van der Waals surface area contributed by atoms with Crippen LogP contribution in [0.3, 0.4) is 0 Å². The van der Waals surface area contributed by atoms with Crippen molar-refractivity contribution in [3.8, 4) is 5.88 Å². The molecule has 0 radical (unpaired) electrons. The minimum atomic E-state index is 0.00745. The molecule has 20 heavy (non-hydrogen) atoms. The minimum absolute atomic E-state index is 0.00745. The second kappa shape index (κ2) is 6.79. The van der Waals surface area contributed by atoms with Gasteiger partial charge >= 0.3 is 0 Å². The molecule has 1 saturated carbocycles. The summed E-state index contributed by atoms with van der Waals surface area (Å²) in [5.74, 6) is 1.24. The summed E-state index contributed by atoms with van der Waals surface area (Å²) in [6.07, 6.45) is 5.46. The van der Waals surface area contributed by atoms with E-state index in [9.17, 15) is 5.11 Å². The molecule has 0 aliphatic heterocycles. The highest BCUT2D eigenvalue weighted by Crippen LogP contribution is 2.37. The highest BCUT2D eigenvalue weighted by molar-refractivity contribution is 5.53. The third-order valence-corrected chi connectivity index (χ3v) is 3.98. The first kappa shape index (κ1) is 14.9. The number of hydrogen-bond donors (Lipinski definition) is 3. The summed E-state index contributed by atoms with van der Waals surface area (Å²) < 4.78 is 5.52. The first-order valence-electron chi connectivity index (χ1n) is 7.43. The smallest absolute Gasteiger partial charge is 0.239 e. The molecule has 1 aliphatic carbocycles. The Labute approximate surface area is 120 Å². The zero-order valence-electron chi connectivity index (χ0n) is 12.2. The standard InChI is InChI=1S/C15H25N3O2/c1-2-9-20-14-12(16)5-6-13(18-14)17-10-15(11-19)7-3-4-8-15/h5-6,19H,2-4,7-11,16H2,1H3,(H,17,18). The van der Waals surface area contributed by atoms with Crippen LogP contribution in [0.5, 0.6) is 5.88 Å². The van der Waals surface area contributed by atoms with Gasteiger partial charge in [0.1, 0.15) is 5.82 Å². The Morgan fingerprint density at radius 2 is 2.15 bits per heavy atom. The highest BCUT2D eigenvalue weighted by atomic mass is 16.5. The zero-order chi connectivity index (χ0) is 14.4. The van der Waals surface area contributed by atoms with Gasteiger partial charge in [-0.3, -0.25) is 0 Å². The fraction of sp³-hybridized carbons (Fsp3) is 0.667. The predicted molar refractivity (Wildman–Crippen MR) is 80.9 cm³/mol. The predicted octanol–water partition coefficient (Wildman–Crippen LogP) is 2.42. The lowest BCUT2D eigenvalue weighted by atomic mass is 9.87. The van der Waals surface area contributed by atoms with Crippen molar-refractivity contribution in [3.63, 3.8) is 0 Å². The number of pyridine rings is 1. The second-order valence-electron chi connectivity index (χ2n) is 5.66. The van der Waals surface area contributed by atoms with Crippen LogP contribution >= 0.6 is 0 Å². The van der Waals surface area contributed by atoms with Gasteiger partial charge in [-0.1, -0.05) is 19.8 Å². The van der Waals surface area contributed by atoms with Crippen LogP contribution in [-0.2, 0) is 0 Å². The van der Waals surface area contributed by atoms with E-state index in [4.69, 9.17) is 10.5 Å². The van der Waals surface area contributed by atoms with E-state index in [-0.39, 0.29) is 12.0 Å². The molecule has 0 bridgehead atoms. The number of nitrogens with one attached hydrogen (secondary N) is 1. The van der Waals surface area contributed by atoms with E-state index >= 15 is 0 Å². The van der Waals surface area contributed by atoms with Gasteiger partial charge in [-0.25, -0.2) is 0 Å². The molecule has 1 fully saturated rings. The molecule has 0 amide bonds. The fourth-order valence-electron chi connectivity index (χ4n) is 2.66. The third kappa shape index (κ3) is 3.54. The van der Waals surface area contributed by atoms with Crippen molar-refractivity contribution in [2.45, 2.75) is 39.0 Å². The molecule has 0 unspecified atom stereocenters. The lowest BCUT2D eigenvalue weighted by molar-refractivity contribution is 0.142. The monoisotopic (exact) mass is 279 g/mol. The van der Waals surface area contributed by atoms with Crippen LogP contribution in [0.15, 0.2) is 12.1 Å². The molecule has 5 heteroatoms. The lowest BCUT2D eigenvalue weighted by Crippen LogP contribution is -2.30. The third-order valence-electron chi connectivity index (χ3n) is 3.98. The summed E-state index contributed by atoms with van der Waals surface area (Å²) in [6.45, 7) is 3.63. The fourth-order valence-corrected chi connectivity index (χ4v) is 2.66. The number of anilines is 2. The summed E-state index contributed by atoms with van der Waals surface area (Å²) in [7, 11) is 0. The Hall–Kier alpha value is -1.49. The van der Waals surface area contributed by atoms with E-state index in [1.165, 1.54) is 12.8 Å². The number of aromatic nitrogens is 1. The van der Waals surface area contributed by atoms with Crippen molar-refractivity contribution in [1.82, 2.24) is 4.98 Å². The number of ether oxygens (including phenoxy) is 1. The van der Waals surface area contributed by atoms with Crippen LogP contribution in [0, 0.1) is 5.41 Å². The minimum Gasteiger partial charge on any atom is -0.476 e. The maximum absolute atomic E-state index is 9.60. The van der Waals surface area contributed by atoms with Crippen LogP contribution in [0.4, 0.5) is 11.5 Å². The largest absolute Gasteiger partial charge is 0.476 e. The van der Waals surface area contributed by atoms with Crippen molar-refractivity contribution in [2.75, 3.05) is 30.8 Å². The normalized spacial score (nSPS) is 17.1. The van der Waals surface area contributed by atoms with Crippen molar-refractivity contribution < 1.29 is 9.84 Å². The van der Waals surface area contributed by atoms with Gasteiger partial charge in [0, 0.05) is 12.0 Å². The van der Waals surface area contributed by atoms with Gasteiger partial charge in [-0.15, -0.1) is 0 Å². The molecule has 1 aromatic heterocycles. The number of aliphatic hydroxyl groups excluding tert-OH is 1. The van der Waals surface area contributed by atoms with Crippen LogP contribution in [-0.4, -0.2) is 29.8 Å². The number of rotatable bonds is 7. The first-order valence-corrected chi connectivity index (χ1v) is 7.43. The Kier molecular flexibility index (Phi) is 5.06. The molecule has 0 spiro atoms. The quantitative estimate of drug-likeness (QED) is 0.714. The van der Waals surface area contributed by atoms with E-state index in [1.54, 1.807) is 6.07 Å². The van der Waals surface area contributed by atoms with Gasteiger partial charge in [-0.05, 0) is 31.4 Å². The molecule has 0 aromatic carbocycles. The van der Waals surface area contributed by atoms with Crippen LogP contribution in [0.25, 0.3) is 0 Å². The maximum Gasteiger partial charge on any atom is 0.239 e. The van der Waals surface area contributed by atoms with Crippen LogP contribution < -0.4 is 15.8 Å². The Balaban J connectivity index is 1.98. The van der Waals surface area contributed by atoms with E-state index in [2.05, 4.69) is 10.3 Å². The van der Waals surface area contributed by atoms with E-state index in [1.807, 2.05) is 13.0 Å². The Morgan fingerprint density at radius 1 is 1.40 bits per heavy atom. The number of hydrogen-bond acceptors (Lipinski definition) is 5. The molecule has 1 aliphatic rings. The summed E-state index contributed by atoms with van der Waals surface area (Å²) in [5.41, 5.74) is 6.41. The molecule has 112 valence electrons. The number of nitrogens with two attached hydrogens (primary N) is 1. The summed E-state index contributed by atoms with van der Waals surface area (Å²) >= 11 is 0. The molecular formula is C15H25N3O2. The Bertz CT molecular complexity index is 431. The molecule has 1 heterocycles. The van der Waals surface area contributed by atoms with Gasteiger partial charge in [0.2, 0.25) is 5.88 Å². The molecule has 0 atom stereocenters. The van der Waals surface area contributed by atoms with Crippen LogP contribution in [0.2, 0.25) is 0 Å². The number of nitrogens with zero attached hydrogens (tertiary/aromatic N) is 1. The first-order chi connectivity index (χ1) is 9.69. The average Bonchev–Trinajstić information content (AvgIpc) is 2.94. The van der Waals surface area contributed by atoms with E-state index in [0.717, 1.165) is 31.6 Å². The van der Waals surface area contributed by atoms with Crippen molar-refractivity contribution in [2.24, 2.45) is 5.41 Å². The lowest BCUT2D eigenvalue weighted by Gasteiger charge is -2.27. The molecule has 1 aromatic rings. The van der Waals surface area contributed by atoms with Gasteiger partial charge < -0.3 is 20.9 Å². The summed E-state index contributed by atoms with van der Waals surface area (Å²) in [6, 6.07) is 3.66. The number of aliphatic hydroxyl groups is 1. The van der Waals surface area contributed by atoms with E-state index in [0.29, 0.717) is 18.2 Å². The van der Waals surface area contributed by atoms with Crippen molar-refractivity contribution >= 4 is 11.5 Å².